The van der Waals surface area contributed by atoms with E-state index in [1.54, 1.807) is 0 Å². The Kier molecular flexibility index (Phi) is 3.71. The fourth-order valence-electron chi connectivity index (χ4n) is 1.07. The molecule has 0 aliphatic rings. The standard InChI is InChI=1S/C10H7.BF4/c1-2-6-10-8-4-3-7-9(10)5-1;2-1(3,4)5/h1-3,5-8H;/q;-1. The topological polar surface area (TPSA) is 0 Å². The summed E-state index contributed by atoms with van der Waals surface area (Å²) in [5.41, 5.74) is 0. The van der Waals surface area contributed by atoms with Crippen molar-refractivity contribution in [3.63, 3.8) is 0 Å². The van der Waals surface area contributed by atoms with Crippen molar-refractivity contribution in [2.75, 3.05) is 0 Å². The van der Waals surface area contributed by atoms with Crippen molar-refractivity contribution in [1.82, 2.24) is 0 Å². The minimum Gasteiger partial charge on any atom is -0.418 e. The quantitative estimate of drug-likeness (QED) is 0.460. The molecule has 2 aromatic rings. The van der Waals surface area contributed by atoms with Crippen LogP contribution in [0.3, 0.4) is 0 Å². The van der Waals surface area contributed by atoms with Crippen molar-refractivity contribution in [3.8, 4) is 0 Å². The first kappa shape index (κ1) is 11.6. The van der Waals surface area contributed by atoms with Crippen LogP contribution in [-0.2, 0) is 0 Å². The molecule has 0 fully saturated rings. The van der Waals surface area contributed by atoms with Gasteiger partial charge in [0.2, 0.25) is 0 Å². The van der Waals surface area contributed by atoms with Gasteiger partial charge in [-0.2, -0.15) is 0 Å². The highest BCUT2D eigenvalue weighted by atomic mass is 19.5. The zero-order valence-electron chi connectivity index (χ0n) is 7.63. The maximum absolute atomic E-state index is 9.75. The molecule has 0 saturated carbocycles. The Labute approximate surface area is 84.6 Å². The van der Waals surface area contributed by atoms with E-state index < -0.39 is 7.25 Å². The molecule has 0 amide bonds. The Morgan fingerprint density at radius 1 is 0.867 bits per heavy atom. The van der Waals surface area contributed by atoms with Crippen LogP contribution in [-0.4, -0.2) is 7.25 Å². The molecule has 0 saturated heterocycles. The summed E-state index contributed by atoms with van der Waals surface area (Å²) in [4.78, 5) is 0. The number of hydrogen-bond donors (Lipinski definition) is 0. The van der Waals surface area contributed by atoms with Gasteiger partial charge in [-0.15, -0.1) is 0 Å². The van der Waals surface area contributed by atoms with Crippen LogP contribution in [0.4, 0.5) is 17.3 Å². The van der Waals surface area contributed by atoms with Crippen molar-refractivity contribution >= 4 is 18.0 Å². The third kappa shape index (κ3) is 5.05. The number of halogens is 4. The van der Waals surface area contributed by atoms with E-state index in [4.69, 9.17) is 0 Å². The molecule has 0 spiro atoms. The van der Waals surface area contributed by atoms with Crippen LogP contribution in [0.25, 0.3) is 10.8 Å². The molecule has 0 N–H and O–H groups in total. The van der Waals surface area contributed by atoms with E-state index in [1.807, 2.05) is 24.3 Å². The summed E-state index contributed by atoms with van der Waals surface area (Å²) >= 11 is 0. The lowest BCUT2D eigenvalue weighted by molar-refractivity contribution is 0.368. The molecule has 0 heterocycles. The predicted molar refractivity (Wildman–Crippen MR) is 53.0 cm³/mol. The molecule has 1 radical (unpaired) electrons. The fraction of sp³-hybridized carbons (Fsp3) is 0. The summed E-state index contributed by atoms with van der Waals surface area (Å²) in [6.07, 6.45) is 0. The zero-order chi connectivity index (χ0) is 11.3. The Bertz CT molecular complexity index is 353. The van der Waals surface area contributed by atoms with E-state index in [9.17, 15) is 17.3 Å². The maximum Gasteiger partial charge on any atom is 0.673 e. The fourth-order valence-corrected chi connectivity index (χ4v) is 1.07. The Hall–Kier alpha value is -1.52. The number of hydrogen-bond acceptors (Lipinski definition) is 0. The molecule has 0 atom stereocenters. The maximum atomic E-state index is 9.75. The van der Waals surface area contributed by atoms with E-state index in [0.717, 1.165) is 0 Å². The van der Waals surface area contributed by atoms with Crippen LogP contribution >= 0.6 is 0 Å². The Morgan fingerprint density at radius 3 is 1.93 bits per heavy atom. The summed E-state index contributed by atoms with van der Waals surface area (Å²) in [6, 6.07) is 17.3. The van der Waals surface area contributed by atoms with Gasteiger partial charge in [0.05, 0.1) is 0 Å². The van der Waals surface area contributed by atoms with Gasteiger partial charge in [0.25, 0.3) is 0 Å². The first-order valence-corrected chi connectivity index (χ1v) is 4.19. The SMILES string of the molecule is F[B-](F)(F)F.[c]1ccc2ccccc2c1. The molecule has 0 bridgehead atoms. The van der Waals surface area contributed by atoms with Gasteiger partial charge in [-0.3, -0.25) is 0 Å². The summed E-state index contributed by atoms with van der Waals surface area (Å²) in [7, 11) is -6.00. The molecule has 0 aromatic heterocycles. The summed E-state index contributed by atoms with van der Waals surface area (Å²) < 4.78 is 39.0. The van der Waals surface area contributed by atoms with Gasteiger partial charge in [-0.1, -0.05) is 36.4 Å². The van der Waals surface area contributed by atoms with Crippen LogP contribution in [0.15, 0.2) is 42.5 Å². The first-order chi connectivity index (χ1) is 6.97. The summed E-state index contributed by atoms with van der Waals surface area (Å²) in [5, 5.41) is 2.53. The van der Waals surface area contributed by atoms with E-state index in [2.05, 4.69) is 24.3 Å². The second-order valence-electron chi connectivity index (χ2n) is 2.77. The van der Waals surface area contributed by atoms with E-state index in [0.29, 0.717) is 0 Å². The van der Waals surface area contributed by atoms with Crippen molar-refractivity contribution in [1.29, 1.82) is 0 Å². The second-order valence-corrected chi connectivity index (χ2v) is 2.77. The van der Waals surface area contributed by atoms with E-state index >= 15 is 0 Å². The van der Waals surface area contributed by atoms with Gasteiger partial charge in [0.15, 0.2) is 0 Å². The highest BCUT2D eigenvalue weighted by Gasteiger charge is 2.20. The number of benzene rings is 2. The molecular weight excluding hydrogens is 207 g/mol. The van der Waals surface area contributed by atoms with Gasteiger partial charge in [-0.05, 0) is 22.9 Å². The largest absolute Gasteiger partial charge is 0.673 e. The highest BCUT2D eigenvalue weighted by molar-refractivity contribution is 6.50. The Morgan fingerprint density at radius 2 is 1.40 bits per heavy atom. The monoisotopic (exact) mass is 214 g/mol. The smallest absolute Gasteiger partial charge is 0.418 e. The molecule has 2 rings (SSSR count). The van der Waals surface area contributed by atoms with E-state index in [-0.39, 0.29) is 0 Å². The third-order valence-electron chi connectivity index (χ3n) is 1.59. The normalized spacial score (nSPS) is 10.7. The molecule has 0 aliphatic heterocycles. The van der Waals surface area contributed by atoms with Gasteiger partial charge in [0.1, 0.15) is 0 Å². The van der Waals surface area contributed by atoms with Crippen molar-refractivity contribution in [2.45, 2.75) is 0 Å². The average molecular weight is 214 g/mol. The van der Waals surface area contributed by atoms with Crippen LogP contribution in [0.2, 0.25) is 0 Å². The van der Waals surface area contributed by atoms with Crippen LogP contribution in [0.5, 0.6) is 0 Å². The number of fused-ring (bicyclic) bond motifs is 1. The molecule has 0 nitrogen and oxygen atoms in total. The molecule has 5 heteroatoms. The number of rotatable bonds is 0. The van der Waals surface area contributed by atoms with Gasteiger partial charge in [-0.25, -0.2) is 0 Å². The van der Waals surface area contributed by atoms with Crippen molar-refractivity contribution in [3.05, 3.63) is 48.5 Å². The summed E-state index contributed by atoms with van der Waals surface area (Å²) in [6.45, 7) is 0. The lowest BCUT2D eigenvalue weighted by Gasteiger charge is -1.94. The first-order valence-electron chi connectivity index (χ1n) is 4.19. The predicted octanol–water partition coefficient (Wildman–Crippen LogP) is 3.94. The zero-order valence-corrected chi connectivity index (χ0v) is 7.63. The van der Waals surface area contributed by atoms with Crippen LogP contribution in [0.1, 0.15) is 0 Å². The molecular formula is C10H7BF4-. The van der Waals surface area contributed by atoms with Crippen molar-refractivity contribution in [2.24, 2.45) is 0 Å². The molecule has 79 valence electrons. The lowest BCUT2D eigenvalue weighted by atomic mass is 10.1. The van der Waals surface area contributed by atoms with Crippen LogP contribution < -0.4 is 0 Å². The van der Waals surface area contributed by atoms with Gasteiger partial charge >= 0.3 is 7.25 Å². The highest BCUT2D eigenvalue weighted by Crippen LogP contribution is 2.10. The third-order valence-corrected chi connectivity index (χ3v) is 1.59. The molecule has 0 unspecified atom stereocenters. The molecule has 15 heavy (non-hydrogen) atoms. The average Bonchev–Trinajstić information content (AvgIpc) is 2.16. The van der Waals surface area contributed by atoms with Crippen LogP contribution in [0, 0.1) is 6.07 Å². The second kappa shape index (κ2) is 4.82. The molecule has 0 aliphatic carbocycles. The van der Waals surface area contributed by atoms with Gasteiger partial charge in [0, 0.05) is 0 Å². The summed E-state index contributed by atoms with van der Waals surface area (Å²) in [5.74, 6) is 0. The minimum atomic E-state index is -6.00. The Balaban J connectivity index is 0.000000195. The van der Waals surface area contributed by atoms with E-state index in [1.165, 1.54) is 10.8 Å². The minimum absolute atomic E-state index is 1.25. The molecule has 2 aromatic carbocycles. The van der Waals surface area contributed by atoms with Gasteiger partial charge < -0.3 is 17.3 Å². The lowest BCUT2D eigenvalue weighted by Crippen LogP contribution is -2.02. The van der Waals surface area contributed by atoms with Crippen molar-refractivity contribution < 1.29 is 17.3 Å².